The van der Waals surface area contributed by atoms with Crippen LogP contribution in [0.1, 0.15) is 18.0 Å². The maximum absolute atomic E-state index is 12.7. The smallest absolute Gasteiger partial charge is 0.124 e. The van der Waals surface area contributed by atoms with Gasteiger partial charge in [-0.05, 0) is 24.1 Å². The van der Waals surface area contributed by atoms with Crippen molar-refractivity contribution in [1.82, 2.24) is 0 Å². The van der Waals surface area contributed by atoms with Gasteiger partial charge in [-0.25, -0.2) is 4.39 Å². The van der Waals surface area contributed by atoms with Crippen molar-refractivity contribution >= 4 is 28.3 Å². The fraction of sp³-hybridized carbons (Fsp3) is 0.200. The van der Waals surface area contributed by atoms with E-state index in [1.165, 1.54) is 12.1 Å². The summed E-state index contributed by atoms with van der Waals surface area (Å²) in [6, 6.07) is 4.39. The molecule has 0 aromatic heterocycles. The van der Waals surface area contributed by atoms with Crippen LogP contribution in [0.4, 0.5) is 4.39 Å². The van der Waals surface area contributed by atoms with Crippen molar-refractivity contribution in [2.45, 2.75) is 12.5 Å². The lowest BCUT2D eigenvalue weighted by Gasteiger charge is -2.11. The van der Waals surface area contributed by atoms with Crippen LogP contribution in [0.5, 0.6) is 0 Å². The monoisotopic (exact) mass is 279 g/mol. The van der Waals surface area contributed by atoms with E-state index < -0.39 is 0 Å². The molecule has 0 aliphatic carbocycles. The summed E-state index contributed by atoms with van der Waals surface area (Å²) in [5.41, 5.74) is 6.74. The van der Waals surface area contributed by atoms with Gasteiger partial charge in [-0.2, -0.15) is 0 Å². The molecule has 0 amide bonds. The summed E-state index contributed by atoms with van der Waals surface area (Å²) in [6.07, 6.45) is 2.44. The van der Waals surface area contributed by atoms with Gasteiger partial charge in [-0.15, -0.1) is 19.0 Å². The van der Waals surface area contributed by atoms with Crippen molar-refractivity contribution in [2.24, 2.45) is 5.73 Å². The SMILES string of the molecule is C=CC[C@H](N)c1ccc(F)cc1Br.Cl. The van der Waals surface area contributed by atoms with Crippen LogP contribution in [-0.4, -0.2) is 0 Å². The molecule has 0 unspecified atom stereocenters. The average molecular weight is 281 g/mol. The van der Waals surface area contributed by atoms with Crippen LogP contribution in [0.3, 0.4) is 0 Å². The summed E-state index contributed by atoms with van der Waals surface area (Å²) in [6.45, 7) is 3.60. The van der Waals surface area contributed by atoms with Crippen LogP contribution in [0.25, 0.3) is 0 Å². The Bertz CT molecular complexity index is 317. The Morgan fingerprint density at radius 2 is 2.21 bits per heavy atom. The standard InChI is InChI=1S/C10H11BrFN.ClH/c1-2-3-10(13)8-5-4-7(12)6-9(8)11;/h2,4-6,10H,1,3,13H2;1H/t10-;/m0./s1. The lowest BCUT2D eigenvalue weighted by atomic mass is 10.1. The molecule has 1 rings (SSSR count). The third-order valence-corrected chi connectivity index (χ3v) is 2.47. The van der Waals surface area contributed by atoms with Crippen LogP contribution in [0.15, 0.2) is 35.3 Å². The van der Waals surface area contributed by atoms with Gasteiger partial charge < -0.3 is 5.73 Å². The first-order valence-corrected chi connectivity index (χ1v) is 4.76. The molecule has 1 aromatic rings. The van der Waals surface area contributed by atoms with Gasteiger partial charge in [0.05, 0.1) is 0 Å². The zero-order valence-electron chi connectivity index (χ0n) is 7.54. The number of halogens is 3. The number of nitrogens with two attached hydrogens (primary N) is 1. The topological polar surface area (TPSA) is 26.0 Å². The molecule has 4 heteroatoms. The van der Waals surface area contributed by atoms with E-state index in [2.05, 4.69) is 22.5 Å². The van der Waals surface area contributed by atoms with E-state index in [1.54, 1.807) is 12.1 Å². The summed E-state index contributed by atoms with van der Waals surface area (Å²) >= 11 is 3.26. The van der Waals surface area contributed by atoms with Crippen LogP contribution < -0.4 is 5.73 Å². The van der Waals surface area contributed by atoms with E-state index in [9.17, 15) is 4.39 Å². The van der Waals surface area contributed by atoms with E-state index in [0.717, 1.165) is 5.56 Å². The van der Waals surface area contributed by atoms with Gasteiger partial charge in [0, 0.05) is 10.5 Å². The molecule has 14 heavy (non-hydrogen) atoms. The first-order valence-electron chi connectivity index (χ1n) is 3.96. The first kappa shape index (κ1) is 13.6. The molecule has 0 heterocycles. The number of benzene rings is 1. The van der Waals surface area contributed by atoms with Crippen molar-refractivity contribution < 1.29 is 4.39 Å². The Labute approximate surface area is 97.7 Å². The number of rotatable bonds is 3. The molecule has 0 fully saturated rings. The van der Waals surface area contributed by atoms with Gasteiger partial charge in [0.1, 0.15) is 5.82 Å². The van der Waals surface area contributed by atoms with Gasteiger partial charge in [0.25, 0.3) is 0 Å². The van der Waals surface area contributed by atoms with E-state index in [4.69, 9.17) is 5.73 Å². The third-order valence-electron chi connectivity index (χ3n) is 1.78. The summed E-state index contributed by atoms with van der Waals surface area (Å²) in [5.74, 6) is -0.263. The van der Waals surface area contributed by atoms with E-state index in [0.29, 0.717) is 10.9 Å². The summed E-state index contributed by atoms with van der Waals surface area (Å²) in [5, 5.41) is 0. The normalized spacial score (nSPS) is 11.6. The Morgan fingerprint density at radius 3 is 2.71 bits per heavy atom. The van der Waals surface area contributed by atoms with Gasteiger partial charge >= 0.3 is 0 Å². The Balaban J connectivity index is 0.00000169. The highest BCUT2D eigenvalue weighted by molar-refractivity contribution is 9.10. The van der Waals surface area contributed by atoms with E-state index >= 15 is 0 Å². The number of hydrogen-bond donors (Lipinski definition) is 1. The second kappa shape index (κ2) is 6.17. The Hall–Kier alpha value is -0.380. The Kier molecular flexibility index (Phi) is 6.00. The predicted molar refractivity (Wildman–Crippen MR) is 63.1 cm³/mol. The zero-order chi connectivity index (χ0) is 9.84. The zero-order valence-corrected chi connectivity index (χ0v) is 9.94. The highest BCUT2D eigenvalue weighted by Gasteiger charge is 2.08. The van der Waals surface area contributed by atoms with Crippen molar-refractivity contribution in [2.75, 3.05) is 0 Å². The maximum Gasteiger partial charge on any atom is 0.124 e. The minimum absolute atomic E-state index is 0. The van der Waals surface area contributed by atoms with Crippen LogP contribution in [0.2, 0.25) is 0 Å². The molecule has 2 N–H and O–H groups in total. The molecular weight excluding hydrogens is 268 g/mol. The van der Waals surface area contributed by atoms with Gasteiger partial charge in [-0.3, -0.25) is 0 Å². The molecule has 0 saturated carbocycles. The second-order valence-corrected chi connectivity index (χ2v) is 3.65. The van der Waals surface area contributed by atoms with Crippen LogP contribution in [-0.2, 0) is 0 Å². The maximum atomic E-state index is 12.7. The van der Waals surface area contributed by atoms with Crippen molar-refractivity contribution in [3.05, 3.63) is 46.7 Å². The summed E-state index contributed by atoms with van der Waals surface area (Å²) in [4.78, 5) is 0. The second-order valence-electron chi connectivity index (χ2n) is 2.80. The molecule has 0 spiro atoms. The van der Waals surface area contributed by atoms with E-state index in [-0.39, 0.29) is 24.3 Å². The molecule has 0 radical (unpaired) electrons. The van der Waals surface area contributed by atoms with Gasteiger partial charge in [0.15, 0.2) is 0 Å². The minimum Gasteiger partial charge on any atom is -0.324 e. The summed E-state index contributed by atoms with van der Waals surface area (Å²) < 4.78 is 13.4. The highest BCUT2D eigenvalue weighted by atomic mass is 79.9. The predicted octanol–water partition coefficient (Wildman–Crippen LogP) is 3.59. The molecule has 1 aromatic carbocycles. The molecule has 0 aliphatic heterocycles. The minimum atomic E-state index is -0.263. The lowest BCUT2D eigenvalue weighted by molar-refractivity contribution is 0.623. The molecule has 78 valence electrons. The van der Waals surface area contributed by atoms with Crippen molar-refractivity contribution in [1.29, 1.82) is 0 Å². The fourth-order valence-corrected chi connectivity index (χ4v) is 1.75. The van der Waals surface area contributed by atoms with Crippen molar-refractivity contribution in [3.63, 3.8) is 0 Å². The largest absolute Gasteiger partial charge is 0.324 e. The fourth-order valence-electron chi connectivity index (χ4n) is 1.11. The third kappa shape index (κ3) is 3.40. The first-order chi connectivity index (χ1) is 6.15. The summed E-state index contributed by atoms with van der Waals surface area (Å²) in [7, 11) is 0. The molecule has 1 atom stereocenters. The quantitative estimate of drug-likeness (QED) is 0.841. The molecule has 0 saturated heterocycles. The molecule has 0 aliphatic rings. The van der Waals surface area contributed by atoms with E-state index in [1.807, 2.05) is 0 Å². The van der Waals surface area contributed by atoms with Gasteiger partial charge in [-0.1, -0.05) is 28.1 Å². The number of hydrogen-bond acceptors (Lipinski definition) is 1. The van der Waals surface area contributed by atoms with Crippen LogP contribution in [0, 0.1) is 5.82 Å². The highest BCUT2D eigenvalue weighted by Crippen LogP contribution is 2.24. The molecule has 1 nitrogen and oxygen atoms in total. The lowest BCUT2D eigenvalue weighted by Crippen LogP contribution is -2.09. The van der Waals surface area contributed by atoms with Crippen LogP contribution >= 0.6 is 28.3 Å². The van der Waals surface area contributed by atoms with Crippen molar-refractivity contribution in [3.8, 4) is 0 Å². The van der Waals surface area contributed by atoms with Gasteiger partial charge in [0.2, 0.25) is 0 Å². The molecular formula is C10H12BrClFN. The average Bonchev–Trinajstić information content (AvgIpc) is 2.04. The molecule has 0 bridgehead atoms. The Morgan fingerprint density at radius 1 is 1.57 bits per heavy atom.